The first-order chi connectivity index (χ1) is 17.6. The van der Waals surface area contributed by atoms with Crippen molar-refractivity contribution in [3.05, 3.63) is 56.9 Å². The Hall–Kier alpha value is -4.22. The van der Waals surface area contributed by atoms with Gasteiger partial charge in [0.1, 0.15) is 23.3 Å². The monoisotopic (exact) mass is 509 g/mol. The van der Waals surface area contributed by atoms with E-state index in [9.17, 15) is 18.8 Å². The van der Waals surface area contributed by atoms with Gasteiger partial charge in [-0.1, -0.05) is 6.07 Å². The maximum Gasteiger partial charge on any atom is 0.332 e. The minimum atomic E-state index is -0.870. The number of carbonyl (C=O) groups excluding carboxylic acids is 1. The van der Waals surface area contributed by atoms with Gasteiger partial charge in [-0.3, -0.25) is 24.0 Å². The van der Waals surface area contributed by atoms with Crippen molar-refractivity contribution in [3.8, 4) is 11.3 Å². The lowest BCUT2D eigenvalue weighted by Gasteiger charge is -2.24. The fraction of sp³-hybridized carbons (Fsp3) is 0.400. The number of carbonyl (C=O) groups is 1. The minimum absolute atomic E-state index is 0.0493. The number of hydrogen-bond donors (Lipinski definition) is 1. The van der Waals surface area contributed by atoms with Crippen LogP contribution in [0.3, 0.4) is 0 Å². The number of benzene rings is 1. The van der Waals surface area contributed by atoms with Crippen LogP contribution < -0.4 is 21.5 Å². The summed E-state index contributed by atoms with van der Waals surface area (Å²) in [4.78, 5) is 48.5. The van der Waals surface area contributed by atoms with Crippen molar-refractivity contribution in [1.82, 2.24) is 23.7 Å². The van der Waals surface area contributed by atoms with E-state index in [1.165, 1.54) is 35.6 Å². The van der Waals surface area contributed by atoms with E-state index in [4.69, 9.17) is 4.42 Å². The molecule has 1 aliphatic rings. The second-order valence-corrected chi connectivity index (χ2v) is 9.47. The average molecular weight is 510 g/mol. The molecule has 0 radical (unpaired) electrons. The molecule has 0 aliphatic carbocycles. The molecule has 1 amide bonds. The molecule has 194 valence electrons. The standard InChI is InChI=1S/C25H28FN7O4/c1-13-7-6-10-32(13)18-9-8-16(11-17(18)26)19-15(3)37-24(28-19)29-22(34)14(2)33-12-27-21-20(33)23(35)31(5)25(36)30(21)4/h8-9,11-14H,6-7,10H2,1-5H3,(H,28,29,34)/t13-,14?/m0/s1. The molecule has 0 bridgehead atoms. The molecular weight excluding hydrogens is 481 g/mol. The molecule has 1 aromatic carbocycles. The molecule has 1 saturated heterocycles. The summed E-state index contributed by atoms with van der Waals surface area (Å²) < 4.78 is 24.2. The second kappa shape index (κ2) is 9.02. The number of imidazole rings is 1. The van der Waals surface area contributed by atoms with E-state index in [2.05, 4.69) is 27.1 Å². The SMILES string of the molecule is Cc1oc(NC(=O)C(C)n2cnc3c2c(=O)n(C)c(=O)n3C)nc1-c1ccc(N2CCC[C@@H]2C)c(F)c1. The van der Waals surface area contributed by atoms with Gasteiger partial charge >= 0.3 is 11.7 Å². The lowest BCUT2D eigenvalue weighted by Crippen LogP contribution is -2.38. The Morgan fingerprint density at radius 2 is 2.00 bits per heavy atom. The number of anilines is 2. The molecule has 1 fully saturated rings. The number of aryl methyl sites for hydroxylation is 2. The summed E-state index contributed by atoms with van der Waals surface area (Å²) in [5.74, 6) is -0.426. The number of amides is 1. The molecule has 0 spiro atoms. The first kappa shape index (κ1) is 24.5. The highest BCUT2D eigenvalue weighted by Crippen LogP contribution is 2.32. The lowest BCUT2D eigenvalue weighted by molar-refractivity contribution is -0.118. The molecule has 37 heavy (non-hydrogen) atoms. The number of nitrogens with one attached hydrogen (secondary N) is 1. The van der Waals surface area contributed by atoms with Crippen LogP contribution in [-0.4, -0.2) is 42.2 Å². The third kappa shape index (κ3) is 4.02. The Morgan fingerprint density at radius 1 is 1.24 bits per heavy atom. The van der Waals surface area contributed by atoms with E-state index >= 15 is 0 Å². The Bertz CT molecular complexity index is 1650. The number of oxazole rings is 1. The molecule has 12 heteroatoms. The highest BCUT2D eigenvalue weighted by atomic mass is 19.1. The summed E-state index contributed by atoms with van der Waals surface area (Å²) in [6, 6.07) is 4.34. The topological polar surface area (TPSA) is 120 Å². The fourth-order valence-electron chi connectivity index (χ4n) is 4.89. The van der Waals surface area contributed by atoms with E-state index in [1.54, 1.807) is 26.0 Å². The van der Waals surface area contributed by atoms with E-state index in [0.29, 0.717) is 22.7 Å². The normalized spacial score (nSPS) is 16.5. The Balaban J connectivity index is 1.40. The van der Waals surface area contributed by atoms with Crippen LogP contribution in [0.15, 0.2) is 38.5 Å². The zero-order valence-corrected chi connectivity index (χ0v) is 21.3. The van der Waals surface area contributed by atoms with Crippen LogP contribution in [0.5, 0.6) is 0 Å². The lowest BCUT2D eigenvalue weighted by atomic mass is 10.1. The summed E-state index contributed by atoms with van der Waals surface area (Å²) >= 11 is 0. The summed E-state index contributed by atoms with van der Waals surface area (Å²) in [7, 11) is 2.87. The average Bonchev–Trinajstić information content (AvgIpc) is 3.59. The zero-order valence-electron chi connectivity index (χ0n) is 21.3. The summed E-state index contributed by atoms with van der Waals surface area (Å²) in [6.45, 7) is 6.18. The molecule has 5 rings (SSSR count). The Kier molecular flexibility index (Phi) is 5.97. The first-order valence-corrected chi connectivity index (χ1v) is 12.1. The second-order valence-electron chi connectivity index (χ2n) is 9.47. The smallest absolute Gasteiger partial charge is 0.332 e. The van der Waals surface area contributed by atoms with Crippen molar-refractivity contribution >= 4 is 28.8 Å². The number of fused-ring (bicyclic) bond motifs is 1. The maximum absolute atomic E-state index is 15.0. The van der Waals surface area contributed by atoms with Gasteiger partial charge in [-0.05, 0) is 45.7 Å². The van der Waals surface area contributed by atoms with E-state index < -0.39 is 23.2 Å². The van der Waals surface area contributed by atoms with Gasteiger partial charge in [0.15, 0.2) is 11.2 Å². The van der Waals surface area contributed by atoms with Crippen molar-refractivity contribution < 1.29 is 13.6 Å². The van der Waals surface area contributed by atoms with Crippen LogP contribution in [0, 0.1) is 12.7 Å². The Morgan fingerprint density at radius 3 is 2.68 bits per heavy atom. The third-order valence-corrected chi connectivity index (χ3v) is 7.08. The fourth-order valence-corrected chi connectivity index (χ4v) is 4.89. The van der Waals surface area contributed by atoms with Gasteiger partial charge in [0.25, 0.3) is 11.5 Å². The van der Waals surface area contributed by atoms with Crippen LogP contribution in [-0.2, 0) is 18.9 Å². The minimum Gasteiger partial charge on any atom is -0.428 e. The predicted octanol–water partition coefficient (Wildman–Crippen LogP) is 2.72. The van der Waals surface area contributed by atoms with Crippen molar-refractivity contribution in [1.29, 1.82) is 0 Å². The number of halogens is 1. The predicted molar refractivity (Wildman–Crippen MR) is 136 cm³/mol. The van der Waals surface area contributed by atoms with Crippen LogP contribution in [0.2, 0.25) is 0 Å². The van der Waals surface area contributed by atoms with Gasteiger partial charge in [0.2, 0.25) is 0 Å². The zero-order chi connectivity index (χ0) is 26.6. The number of aromatic nitrogens is 5. The Labute approximate surface area is 211 Å². The molecular formula is C25H28FN7O4. The van der Waals surface area contributed by atoms with E-state index in [1.807, 2.05) is 0 Å². The highest BCUT2D eigenvalue weighted by molar-refractivity contribution is 5.93. The third-order valence-electron chi connectivity index (χ3n) is 7.08. The molecule has 4 aromatic rings. The van der Waals surface area contributed by atoms with E-state index in [-0.39, 0.29) is 29.0 Å². The molecule has 1 aliphatic heterocycles. The van der Waals surface area contributed by atoms with E-state index in [0.717, 1.165) is 24.0 Å². The largest absolute Gasteiger partial charge is 0.428 e. The number of nitrogens with zero attached hydrogens (tertiary/aromatic N) is 6. The van der Waals surface area contributed by atoms with Gasteiger partial charge in [-0.2, -0.15) is 4.98 Å². The first-order valence-electron chi connectivity index (χ1n) is 12.1. The summed E-state index contributed by atoms with van der Waals surface area (Å²) in [5.41, 5.74) is 0.747. The van der Waals surface area contributed by atoms with Crippen molar-refractivity contribution in [2.24, 2.45) is 14.1 Å². The number of rotatable bonds is 5. The molecule has 1 unspecified atom stereocenters. The molecule has 0 saturated carbocycles. The molecule has 3 aromatic heterocycles. The maximum atomic E-state index is 15.0. The van der Waals surface area contributed by atoms with Crippen molar-refractivity contribution in [3.63, 3.8) is 0 Å². The molecule has 11 nitrogen and oxygen atoms in total. The van der Waals surface area contributed by atoms with Gasteiger partial charge in [0.05, 0.1) is 12.0 Å². The van der Waals surface area contributed by atoms with Crippen LogP contribution >= 0.6 is 0 Å². The van der Waals surface area contributed by atoms with Gasteiger partial charge in [-0.15, -0.1) is 0 Å². The van der Waals surface area contributed by atoms with Gasteiger partial charge in [0, 0.05) is 32.2 Å². The van der Waals surface area contributed by atoms with Gasteiger partial charge in [-0.25, -0.2) is 14.2 Å². The van der Waals surface area contributed by atoms with Gasteiger partial charge < -0.3 is 13.9 Å². The summed E-state index contributed by atoms with van der Waals surface area (Å²) in [5, 5.41) is 2.62. The highest BCUT2D eigenvalue weighted by Gasteiger charge is 2.25. The molecule has 4 heterocycles. The van der Waals surface area contributed by atoms with Crippen LogP contribution in [0.4, 0.5) is 16.1 Å². The van der Waals surface area contributed by atoms with Crippen molar-refractivity contribution in [2.45, 2.75) is 45.7 Å². The molecule has 1 N–H and O–H groups in total. The van der Waals surface area contributed by atoms with Crippen LogP contribution in [0.25, 0.3) is 22.4 Å². The molecule has 2 atom stereocenters. The quantitative estimate of drug-likeness (QED) is 0.439. The van der Waals surface area contributed by atoms with Crippen molar-refractivity contribution in [2.75, 3.05) is 16.8 Å². The van der Waals surface area contributed by atoms with Crippen LogP contribution in [0.1, 0.15) is 38.5 Å². The number of hydrogen-bond acceptors (Lipinski definition) is 7. The summed E-state index contributed by atoms with van der Waals surface area (Å²) in [6.07, 6.45) is 3.41.